The number of hydrogen-bond donors (Lipinski definition) is 4. The molecule has 0 aliphatic heterocycles. The van der Waals surface area contributed by atoms with Crippen LogP contribution in [0.4, 0.5) is 10.7 Å². The lowest BCUT2D eigenvalue weighted by Crippen LogP contribution is -2.10. The third-order valence-electron chi connectivity index (χ3n) is 4.01. The van der Waals surface area contributed by atoms with Gasteiger partial charge in [0, 0.05) is 11.6 Å². The van der Waals surface area contributed by atoms with E-state index in [0.717, 1.165) is 21.5 Å². The molecule has 0 spiro atoms. The number of nitrogens with one attached hydrogen (secondary N) is 1. The van der Waals surface area contributed by atoms with Crippen LogP contribution in [-0.4, -0.2) is 39.4 Å². The van der Waals surface area contributed by atoms with E-state index in [1.54, 1.807) is 31.6 Å². The first-order valence-electron chi connectivity index (χ1n) is 8.79. The average Bonchev–Trinajstić information content (AvgIpc) is 3.05. The van der Waals surface area contributed by atoms with E-state index < -0.39 is 13.8 Å². The number of ether oxygens (including phenoxy) is 2. The Balaban J connectivity index is 0.000000575. The normalized spacial score (nSPS) is 10.9. The molecule has 0 atom stereocenters. The fourth-order valence-electron chi connectivity index (χ4n) is 2.72. The van der Waals surface area contributed by atoms with Crippen molar-refractivity contribution in [3.8, 4) is 5.75 Å². The molecule has 0 unspecified atom stereocenters. The second-order valence-corrected chi connectivity index (χ2v) is 8.09. The van der Waals surface area contributed by atoms with Gasteiger partial charge in [-0.25, -0.2) is 9.36 Å². The fraction of sp³-hybridized carbons (Fsp3) is 0.263. The standard InChI is InChI=1S/C19H20N2O3S.H3O4P/c1-5-24-19(22)13-10-20-17-14(23-4)7-6-11(2)15(17)16(13)21-18-12(3)8-9-25-18;1-5(2,3)4/h6-10H,5H2,1-4H3,(H,20,21);(H3,1,2,3,4). The predicted octanol–water partition coefficient (Wildman–Crippen LogP) is 3.91. The van der Waals surface area contributed by atoms with Crippen molar-refractivity contribution in [2.75, 3.05) is 19.0 Å². The molecule has 0 amide bonds. The molecule has 3 aromatic rings. The third kappa shape index (κ3) is 6.01. The van der Waals surface area contributed by atoms with Crippen LogP contribution in [0, 0.1) is 13.8 Å². The van der Waals surface area contributed by atoms with Crippen LogP contribution in [-0.2, 0) is 9.30 Å². The van der Waals surface area contributed by atoms with Gasteiger partial charge in [-0.15, -0.1) is 11.3 Å². The number of nitrogens with zero attached hydrogens (tertiary/aromatic N) is 1. The van der Waals surface area contributed by atoms with Gasteiger partial charge in [0.15, 0.2) is 0 Å². The predicted molar refractivity (Wildman–Crippen MR) is 116 cm³/mol. The summed E-state index contributed by atoms with van der Waals surface area (Å²) in [6, 6.07) is 5.88. The molecule has 162 valence electrons. The largest absolute Gasteiger partial charge is 0.494 e. The number of aryl methyl sites for hydroxylation is 2. The quantitative estimate of drug-likeness (QED) is 0.334. The molecule has 11 heteroatoms. The minimum absolute atomic E-state index is 0.311. The maximum absolute atomic E-state index is 12.5. The highest BCUT2D eigenvalue weighted by atomic mass is 32.1. The van der Waals surface area contributed by atoms with E-state index in [1.165, 1.54) is 0 Å². The summed E-state index contributed by atoms with van der Waals surface area (Å²) in [5.41, 5.74) is 3.95. The number of esters is 1. The van der Waals surface area contributed by atoms with Crippen molar-refractivity contribution in [2.45, 2.75) is 20.8 Å². The summed E-state index contributed by atoms with van der Waals surface area (Å²) < 4.78 is 19.5. The molecule has 0 saturated carbocycles. The molecule has 4 N–H and O–H groups in total. The van der Waals surface area contributed by atoms with Crippen LogP contribution < -0.4 is 10.1 Å². The van der Waals surface area contributed by atoms with E-state index in [0.29, 0.717) is 29.1 Å². The zero-order valence-corrected chi connectivity index (χ0v) is 18.6. The van der Waals surface area contributed by atoms with Gasteiger partial charge in [-0.05, 0) is 49.4 Å². The summed E-state index contributed by atoms with van der Waals surface area (Å²) in [7, 11) is -3.03. The molecule has 2 heterocycles. The molecule has 0 bridgehead atoms. The van der Waals surface area contributed by atoms with Crippen LogP contribution in [0.1, 0.15) is 28.4 Å². The second kappa shape index (κ2) is 10.0. The average molecular weight is 454 g/mol. The van der Waals surface area contributed by atoms with Crippen LogP contribution >= 0.6 is 19.2 Å². The molecule has 0 radical (unpaired) electrons. The summed E-state index contributed by atoms with van der Waals surface area (Å²) in [6.07, 6.45) is 1.55. The van der Waals surface area contributed by atoms with Crippen LogP contribution in [0.25, 0.3) is 10.9 Å². The Morgan fingerprint density at radius 1 is 1.20 bits per heavy atom. The lowest BCUT2D eigenvalue weighted by molar-refractivity contribution is 0.0527. The number of aromatic nitrogens is 1. The Kier molecular flexibility index (Phi) is 7.94. The Hall–Kier alpha value is -2.49. The van der Waals surface area contributed by atoms with Gasteiger partial charge in [-0.3, -0.25) is 4.98 Å². The number of rotatable bonds is 5. The summed E-state index contributed by atoms with van der Waals surface area (Å²) in [4.78, 5) is 38.5. The Bertz CT molecular complexity index is 1090. The van der Waals surface area contributed by atoms with Crippen molar-refractivity contribution in [3.63, 3.8) is 0 Å². The van der Waals surface area contributed by atoms with Crippen molar-refractivity contribution >= 4 is 46.7 Å². The number of benzene rings is 1. The van der Waals surface area contributed by atoms with Crippen LogP contribution in [0.15, 0.2) is 29.8 Å². The van der Waals surface area contributed by atoms with Crippen molar-refractivity contribution in [1.29, 1.82) is 0 Å². The van der Waals surface area contributed by atoms with Gasteiger partial charge in [-0.2, -0.15) is 0 Å². The molecule has 0 saturated heterocycles. The minimum atomic E-state index is -4.64. The smallest absolute Gasteiger partial charge is 0.466 e. The zero-order valence-electron chi connectivity index (χ0n) is 16.9. The molecule has 0 aliphatic rings. The molecule has 0 aliphatic carbocycles. The maximum Gasteiger partial charge on any atom is 0.466 e. The van der Waals surface area contributed by atoms with Gasteiger partial charge in [-0.1, -0.05) is 6.07 Å². The first-order valence-corrected chi connectivity index (χ1v) is 11.2. The van der Waals surface area contributed by atoms with Crippen LogP contribution in [0.2, 0.25) is 0 Å². The lowest BCUT2D eigenvalue weighted by Gasteiger charge is -2.16. The van der Waals surface area contributed by atoms with Crippen molar-refractivity contribution in [2.24, 2.45) is 0 Å². The summed E-state index contributed by atoms with van der Waals surface area (Å²) in [5, 5.41) is 7.28. The van der Waals surface area contributed by atoms with Crippen LogP contribution in [0.5, 0.6) is 5.75 Å². The number of thiophene rings is 1. The third-order valence-corrected chi connectivity index (χ3v) is 4.94. The number of carbonyl (C=O) groups is 1. The fourth-order valence-corrected chi connectivity index (χ4v) is 3.54. The summed E-state index contributed by atoms with van der Waals surface area (Å²) in [5.74, 6) is 0.276. The van der Waals surface area contributed by atoms with E-state index >= 15 is 0 Å². The van der Waals surface area contributed by atoms with E-state index in [2.05, 4.69) is 10.3 Å². The summed E-state index contributed by atoms with van der Waals surface area (Å²) >= 11 is 1.59. The molecule has 1 aromatic carbocycles. The van der Waals surface area contributed by atoms with Crippen LogP contribution in [0.3, 0.4) is 0 Å². The lowest BCUT2D eigenvalue weighted by atomic mass is 10.0. The topological polar surface area (TPSA) is 138 Å². The van der Waals surface area contributed by atoms with Crippen molar-refractivity contribution in [3.05, 3.63) is 46.5 Å². The maximum atomic E-state index is 12.5. The Morgan fingerprint density at radius 3 is 2.40 bits per heavy atom. The van der Waals surface area contributed by atoms with Gasteiger partial charge >= 0.3 is 13.8 Å². The highest BCUT2D eigenvalue weighted by Crippen LogP contribution is 2.37. The van der Waals surface area contributed by atoms with Gasteiger partial charge < -0.3 is 29.5 Å². The molecular weight excluding hydrogens is 431 g/mol. The number of anilines is 2. The molecule has 0 fully saturated rings. The highest BCUT2D eigenvalue weighted by molar-refractivity contribution is 7.45. The zero-order chi connectivity index (χ0) is 22.5. The molecule has 2 aromatic heterocycles. The number of hydrogen-bond acceptors (Lipinski definition) is 7. The van der Waals surface area contributed by atoms with Gasteiger partial charge in [0.2, 0.25) is 0 Å². The number of methoxy groups -OCH3 is 1. The first kappa shape index (κ1) is 23.8. The SMILES string of the molecule is CCOC(=O)c1cnc2c(OC)ccc(C)c2c1Nc1sccc1C.O=P(O)(O)O. The highest BCUT2D eigenvalue weighted by Gasteiger charge is 2.20. The first-order chi connectivity index (χ1) is 14.1. The van der Waals surface area contributed by atoms with E-state index in [-0.39, 0.29) is 0 Å². The van der Waals surface area contributed by atoms with Gasteiger partial charge in [0.05, 0.1) is 24.4 Å². The molecular formula is C19H23N2O7PS. The molecule has 9 nitrogen and oxygen atoms in total. The molecule has 30 heavy (non-hydrogen) atoms. The van der Waals surface area contributed by atoms with Crippen molar-refractivity contribution in [1.82, 2.24) is 4.98 Å². The number of phosphoric acid groups is 1. The Labute approximate surface area is 177 Å². The summed E-state index contributed by atoms with van der Waals surface area (Å²) in [6.45, 7) is 6.12. The van der Waals surface area contributed by atoms with Crippen molar-refractivity contribution < 1.29 is 33.5 Å². The second-order valence-electron chi connectivity index (χ2n) is 6.15. The number of pyridine rings is 1. The van der Waals surface area contributed by atoms with E-state index in [1.807, 2.05) is 37.4 Å². The Morgan fingerprint density at radius 2 is 1.87 bits per heavy atom. The number of carbonyl (C=O) groups excluding carboxylic acids is 1. The van der Waals surface area contributed by atoms with E-state index in [4.69, 9.17) is 28.7 Å². The monoisotopic (exact) mass is 454 g/mol. The van der Waals surface area contributed by atoms with Gasteiger partial charge in [0.1, 0.15) is 16.8 Å². The van der Waals surface area contributed by atoms with Gasteiger partial charge in [0.25, 0.3) is 0 Å². The van der Waals surface area contributed by atoms with E-state index in [9.17, 15) is 4.79 Å². The number of fused-ring (bicyclic) bond motifs is 1. The minimum Gasteiger partial charge on any atom is -0.494 e. The molecule has 3 rings (SSSR count).